The van der Waals surface area contributed by atoms with Crippen molar-refractivity contribution < 1.29 is 23.1 Å². The van der Waals surface area contributed by atoms with Crippen LogP contribution in [0.2, 0.25) is 0 Å². The lowest BCUT2D eigenvalue weighted by molar-refractivity contribution is 0.197. The molecular formula is C26H51O5P. The van der Waals surface area contributed by atoms with Crippen molar-refractivity contribution in [1.82, 2.24) is 0 Å². The van der Waals surface area contributed by atoms with Crippen molar-refractivity contribution in [3.05, 3.63) is 0 Å². The van der Waals surface area contributed by atoms with Gasteiger partial charge in [-0.3, -0.25) is 4.57 Å². The van der Waals surface area contributed by atoms with Gasteiger partial charge in [-0.25, -0.2) is 0 Å². The molecule has 2 aliphatic rings. The number of ether oxygens (including phenoxy) is 2. The minimum atomic E-state index is -2.95. The Morgan fingerprint density at radius 1 is 0.625 bits per heavy atom. The molecule has 190 valence electrons. The molecule has 0 radical (unpaired) electrons. The van der Waals surface area contributed by atoms with E-state index in [-0.39, 0.29) is 0 Å². The van der Waals surface area contributed by atoms with Gasteiger partial charge in [0.15, 0.2) is 0 Å². The summed E-state index contributed by atoms with van der Waals surface area (Å²) in [7, 11) is -2.95. The van der Waals surface area contributed by atoms with Crippen LogP contribution in [0.25, 0.3) is 0 Å². The molecule has 0 aromatic rings. The van der Waals surface area contributed by atoms with Crippen LogP contribution in [0, 0.1) is 0 Å². The Labute approximate surface area is 198 Å². The lowest BCUT2D eigenvalue weighted by Gasteiger charge is -2.19. The van der Waals surface area contributed by atoms with Gasteiger partial charge in [-0.2, -0.15) is 0 Å². The van der Waals surface area contributed by atoms with Crippen LogP contribution in [-0.2, 0) is 23.1 Å². The normalized spacial score (nSPS) is 21.5. The van der Waals surface area contributed by atoms with Crippen LogP contribution in [0.4, 0.5) is 0 Å². The molecule has 2 unspecified atom stereocenters. The van der Waals surface area contributed by atoms with E-state index in [0.717, 1.165) is 51.7 Å². The second-order valence-corrected chi connectivity index (χ2v) is 12.0. The Kier molecular flexibility index (Phi) is 16.3. The minimum absolute atomic E-state index is 0.536. The molecule has 0 saturated carbocycles. The molecule has 2 heterocycles. The Morgan fingerprint density at radius 2 is 1.03 bits per heavy atom. The number of epoxide rings is 2. The van der Waals surface area contributed by atoms with E-state index in [9.17, 15) is 4.57 Å². The van der Waals surface area contributed by atoms with E-state index in [4.69, 9.17) is 18.5 Å². The molecule has 0 aliphatic carbocycles. The van der Waals surface area contributed by atoms with Crippen molar-refractivity contribution in [2.24, 2.45) is 0 Å². The molecule has 0 aromatic heterocycles. The second kappa shape index (κ2) is 18.4. The molecule has 2 aliphatic heterocycles. The van der Waals surface area contributed by atoms with Gasteiger partial charge in [-0.05, 0) is 32.1 Å². The highest BCUT2D eigenvalue weighted by Crippen LogP contribution is 2.49. The molecule has 6 heteroatoms. The van der Waals surface area contributed by atoms with Gasteiger partial charge in [-0.15, -0.1) is 0 Å². The molecule has 0 aromatic carbocycles. The SMILES string of the molecule is CCCCCCCCCCP(=O)(OCCCCCCC1CO1)OCCCCCCC1CO1. The second-order valence-electron chi connectivity index (χ2n) is 9.79. The lowest BCUT2D eigenvalue weighted by atomic mass is 10.1. The Bertz CT molecular complexity index is 449. The first-order valence-corrected chi connectivity index (χ1v) is 15.6. The van der Waals surface area contributed by atoms with E-state index < -0.39 is 7.60 Å². The first-order valence-electron chi connectivity index (χ1n) is 13.8. The highest BCUT2D eigenvalue weighted by atomic mass is 31.2. The van der Waals surface area contributed by atoms with Gasteiger partial charge in [0.05, 0.1) is 44.8 Å². The van der Waals surface area contributed by atoms with Gasteiger partial charge in [0, 0.05) is 0 Å². The molecule has 2 atom stereocenters. The molecule has 0 bridgehead atoms. The topological polar surface area (TPSA) is 60.6 Å². The van der Waals surface area contributed by atoms with Crippen molar-refractivity contribution >= 4 is 7.60 Å². The molecule has 2 fully saturated rings. The third-order valence-corrected chi connectivity index (χ3v) is 8.52. The summed E-state index contributed by atoms with van der Waals surface area (Å²) in [5.41, 5.74) is 0. The van der Waals surface area contributed by atoms with Crippen LogP contribution in [0.15, 0.2) is 0 Å². The lowest BCUT2D eigenvalue weighted by Crippen LogP contribution is -2.04. The molecule has 0 N–H and O–H groups in total. The van der Waals surface area contributed by atoms with Gasteiger partial charge >= 0.3 is 7.60 Å². The fraction of sp³-hybridized carbons (Fsp3) is 1.00. The summed E-state index contributed by atoms with van der Waals surface area (Å²) in [6, 6.07) is 0. The van der Waals surface area contributed by atoms with Gasteiger partial charge in [0.25, 0.3) is 0 Å². The standard InChI is InChI=1S/C26H51O5P/c1-2-3-4-5-6-7-12-17-22-32(27,30-20-15-10-8-13-18-25-23-28-25)31-21-16-11-9-14-19-26-24-29-26/h25-26H,2-24H2,1H3. The molecular weight excluding hydrogens is 423 g/mol. The molecule has 2 saturated heterocycles. The fourth-order valence-electron chi connectivity index (χ4n) is 4.14. The number of hydrogen-bond donors (Lipinski definition) is 0. The van der Waals surface area contributed by atoms with Crippen molar-refractivity contribution in [1.29, 1.82) is 0 Å². The maximum atomic E-state index is 13.3. The summed E-state index contributed by atoms with van der Waals surface area (Å²) in [4.78, 5) is 0. The average molecular weight is 475 g/mol. The van der Waals surface area contributed by atoms with E-state index in [1.807, 2.05) is 0 Å². The minimum Gasteiger partial charge on any atom is -0.373 e. The highest BCUT2D eigenvalue weighted by Gasteiger charge is 2.24. The molecule has 2 rings (SSSR count). The summed E-state index contributed by atoms with van der Waals surface area (Å²) in [6.45, 7) is 5.30. The third kappa shape index (κ3) is 16.6. The highest BCUT2D eigenvalue weighted by molar-refractivity contribution is 7.53. The zero-order valence-corrected chi connectivity index (χ0v) is 21.8. The zero-order chi connectivity index (χ0) is 22.7. The van der Waals surface area contributed by atoms with Gasteiger partial charge in [0.1, 0.15) is 0 Å². The van der Waals surface area contributed by atoms with Gasteiger partial charge in [-0.1, -0.05) is 90.4 Å². The number of rotatable bonds is 25. The van der Waals surface area contributed by atoms with Crippen molar-refractivity contribution in [2.45, 2.75) is 135 Å². The van der Waals surface area contributed by atoms with Crippen LogP contribution < -0.4 is 0 Å². The number of hydrogen-bond acceptors (Lipinski definition) is 5. The Balaban J connectivity index is 1.52. The van der Waals surface area contributed by atoms with Crippen LogP contribution in [0.5, 0.6) is 0 Å². The van der Waals surface area contributed by atoms with Gasteiger partial charge < -0.3 is 18.5 Å². The molecule has 32 heavy (non-hydrogen) atoms. The third-order valence-electron chi connectivity index (χ3n) is 6.51. The molecule has 0 amide bonds. The zero-order valence-electron chi connectivity index (χ0n) is 20.9. The largest absolute Gasteiger partial charge is 0.373 e. The van der Waals surface area contributed by atoms with E-state index in [2.05, 4.69) is 6.92 Å². The summed E-state index contributed by atoms with van der Waals surface area (Å²) < 4.78 is 35.6. The van der Waals surface area contributed by atoms with Crippen molar-refractivity contribution in [3.63, 3.8) is 0 Å². The van der Waals surface area contributed by atoms with Crippen LogP contribution >= 0.6 is 7.60 Å². The van der Waals surface area contributed by atoms with Crippen LogP contribution in [-0.4, -0.2) is 44.8 Å². The Hall–Kier alpha value is 0.0700. The predicted molar refractivity (Wildman–Crippen MR) is 133 cm³/mol. The average Bonchev–Trinajstić information content (AvgIpc) is 3.70. The summed E-state index contributed by atoms with van der Waals surface area (Å²) >= 11 is 0. The molecule has 5 nitrogen and oxygen atoms in total. The number of unbranched alkanes of at least 4 members (excludes halogenated alkanes) is 13. The van der Waals surface area contributed by atoms with Crippen LogP contribution in [0.3, 0.4) is 0 Å². The van der Waals surface area contributed by atoms with E-state index in [1.54, 1.807) is 0 Å². The van der Waals surface area contributed by atoms with E-state index in [0.29, 0.717) is 31.6 Å². The summed E-state index contributed by atoms with van der Waals surface area (Å²) in [6.07, 6.45) is 23.0. The Morgan fingerprint density at radius 3 is 1.50 bits per heavy atom. The quantitative estimate of drug-likeness (QED) is 0.0761. The van der Waals surface area contributed by atoms with E-state index >= 15 is 0 Å². The smallest absolute Gasteiger partial charge is 0.330 e. The monoisotopic (exact) mass is 474 g/mol. The van der Waals surface area contributed by atoms with Crippen LogP contribution in [0.1, 0.15) is 122 Å². The maximum absolute atomic E-state index is 13.3. The van der Waals surface area contributed by atoms with Crippen molar-refractivity contribution in [2.75, 3.05) is 32.6 Å². The summed E-state index contributed by atoms with van der Waals surface area (Å²) in [5.74, 6) is 0. The summed E-state index contributed by atoms with van der Waals surface area (Å²) in [5, 5.41) is 0. The maximum Gasteiger partial charge on any atom is 0.330 e. The first-order chi connectivity index (χ1) is 15.7. The van der Waals surface area contributed by atoms with E-state index in [1.165, 1.54) is 77.0 Å². The van der Waals surface area contributed by atoms with Gasteiger partial charge in [0.2, 0.25) is 0 Å². The van der Waals surface area contributed by atoms with Crippen molar-refractivity contribution in [3.8, 4) is 0 Å². The fourth-order valence-corrected chi connectivity index (χ4v) is 5.90. The predicted octanol–water partition coefficient (Wildman–Crippen LogP) is 8.05. The first kappa shape index (κ1) is 28.3. The molecule has 0 spiro atoms.